The van der Waals surface area contributed by atoms with Gasteiger partial charge in [0.25, 0.3) is 0 Å². The highest BCUT2D eigenvalue weighted by Gasteiger charge is 2.06. The van der Waals surface area contributed by atoms with E-state index in [1.165, 1.54) is 0 Å². The average molecular weight is 96.9 g/mol. The summed E-state index contributed by atoms with van der Waals surface area (Å²) in [5.74, 6) is 0. The fourth-order valence-electron chi connectivity index (χ4n) is 0. The van der Waals surface area contributed by atoms with Crippen molar-refractivity contribution in [3.05, 3.63) is 6.92 Å². The van der Waals surface area contributed by atoms with Crippen molar-refractivity contribution < 1.29 is 12.9 Å². The molecule has 0 N–H and O–H groups in total. The monoisotopic (exact) mass is 97.0 g/mol. The first kappa shape index (κ1) is 9.29. The van der Waals surface area contributed by atoms with E-state index in [0.29, 0.717) is 0 Å². The Bertz CT molecular complexity index is 13.5. The van der Waals surface area contributed by atoms with Gasteiger partial charge in [-0.3, -0.25) is 12.9 Å². The molecule has 0 heterocycles. The standard InChI is InChI=1S/C2H5.BF3/c1-2;2-1(3)4/h1H2,2H3;. The molecule has 0 nitrogen and oxygen atoms in total. The summed E-state index contributed by atoms with van der Waals surface area (Å²) in [4.78, 5) is 0. The molecule has 0 saturated heterocycles. The molecule has 0 fully saturated rings. The van der Waals surface area contributed by atoms with Gasteiger partial charge in [-0.1, -0.05) is 13.8 Å². The van der Waals surface area contributed by atoms with Gasteiger partial charge in [0.05, 0.1) is 0 Å². The van der Waals surface area contributed by atoms with Crippen LogP contribution in [0.5, 0.6) is 0 Å². The van der Waals surface area contributed by atoms with Gasteiger partial charge < -0.3 is 0 Å². The van der Waals surface area contributed by atoms with E-state index in [2.05, 4.69) is 6.92 Å². The van der Waals surface area contributed by atoms with Gasteiger partial charge in [0.2, 0.25) is 0 Å². The van der Waals surface area contributed by atoms with Crippen LogP contribution in [0.2, 0.25) is 0 Å². The molecule has 6 heavy (non-hydrogen) atoms. The van der Waals surface area contributed by atoms with Gasteiger partial charge >= 0.3 is 7.54 Å². The highest BCUT2D eigenvalue weighted by atomic mass is 19.4. The van der Waals surface area contributed by atoms with Gasteiger partial charge in [0.1, 0.15) is 0 Å². The Kier molecular flexibility index (Phi) is 13.7. The second-order valence-corrected chi connectivity index (χ2v) is 0.247. The quantitative estimate of drug-likeness (QED) is 0.403. The van der Waals surface area contributed by atoms with Crippen LogP contribution in [0.3, 0.4) is 0 Å². The van der Waals surface area contributed by atoms with Crippen LogP contribution in [0.15, 0.2) is 0 Å². The number of rotatable bonds is 0. The molecule has 0 rings (SSSR count). The molecule has 0 aliphatic rings. The second-order valence-electron chi connectivity index (χ2n) is 0.247. The third-order valence-electron chi connectivity index (χ3n) is 0. The van der Waals surface area contributed by atoms with Crippen molar-refractivity contribution in [3.8, 4) is 0 Å². The molecule has 0 aromatic carbocycles. The zero-order valence-electron chi connectivity index (χ0n) is 3.42. The molecule has 0 amide bonds. The summed E-state index contributed by atoms with van der Waals surface area (Å²) in [6.07, 6.45) is 0. The lowest BCUT2D eigenvalue weighted by molar-refractivity contribution is 0.535. The topological polar surface area (TPSA) is 0 Å². The van der Waals surface area contributed by atoms with Crippen LogP contribution in [0.4, 0.5) is 12.9 Å². The van der Waals surface area contributed by atoms with E-state index in [0.717, 1.165) is 0 Å². The maximum atomic E-state index is 9.67. The zero-order chi connectivity index (χ0) is 5.58. The van der Waals surface area contributed by atoms with Crippen molar-refractivity contribution in [2.24, 2.45) is 0 Å². The van der Waals surface area contributed by atoms with Gasteiger partial charge in [-0.15, -0.1) is 0 Å². The second kappa shape index (κ2) is 8.85. The lowest BCUT2D eigenvalue weighted by Crippen LogP contribution is -1.76. The van der Waals surface area contributed by atoms with E-state index in [4.69, 9.17) is 0 Å². The van der Waals surface area contributed by atoms with Crippen LogP contribution in [0, 0.1) is 6.92 Å². The summed E-state index contributed by atoms with van der Waals surface area (Å²) < 4.78 is 29.0. The predicted molar refractivity (Wildman–Crippen MR) is 20.1 cm³/mol. The maximum Gasteiger partial charge on any atom is 0.762 e. The smallest absolute Gasteiger partial charge is 0.254 e. The molecular weight excluding hydrogens is 91.8 g/mol. The van der Waals surface area contributed by atoms with Crippen LogP contribution in [0.1, 0.15) is 6.92 Å². The largest absolute Gasteiger partial charge is 0.762 e. The van der Waals surface area contributed by atoms with Crippen molar-refractivity contribution in [2.45, 2.75) is 6.92 Å². The molecule has 0 aromatic rings. The van der Waals surface area contributed by atoms with Gasteiger partial charge in [0, 0.05) is 0 Å². The van der Waals surface area contributed by atoms with E-state index in [1.807, 2.05) is 0 Å². The first-order valence-electron chi connectivity index (χ1n) is 1.36. The fourth-order valence-corrected chi connectivity index (χ4v) is 0. The van der Waals surface area contributed by atoms with Crippen molar-refractivity contribution in [1.29, 1.82) is 0 Å². The summed E-state index contributed by atoms with van der Waals surface area (Å²) in [7, 11) is -3.67. The Labute approximate surface area is 35.6 Å². The minimum atomic E-state index is -3.67. The maximum absolute atomic E-state index is 9.67. The summed E-state index contributed by atoms with van der Waals surface area (Å²) >= 11 is 0. The van der Waals surface area contributed by atoms with E-state index in [1.54, 1.807) is 6.92 Å². The van der Waals surface area contributed by atoms with Gasteiger partial charge in [0.15, 0.2) is 0 Å². The average Bonchev–Trinajstić information content (AvgIpc) is 1.41. The molecule has 0 aliphatic heterocycles. The van der Waals surface area contributed by atoms with Gasteiger partial charge in [-0.05, 0) is 0 Å². The first-order valence-corrected chi connectivity index (χ1v) is 1.36. The van der Waals surface area contributed by atoms with Crippen LogP contribution in [0.25, 0.3) is 0 Å². The van der Waals surface area contributed by atoms with E-state index < -0.39 is 7.54 Å². The molecule has 4 heteroatoms. The number of hydrogen-bond acceptors (Lipinski definition) is 0. The molecule has 0 aliphatic carbocycles. The Hall–Kier alpha value is -0.145. The SMILES string of the molecule is FB(F)F.[CH2]C. The van der Waals surface area contributed by atoms with Gasteiger partial charge in [-0.2, -0.15) is 0 Å². The molecule has 37 valence electrons. The van der Waals surface area contributed by atoms with Crippen LogP contribution in [-0.4, -0.2) is 7.54 Å². The molecule has 0 atom stereocenters. The molecular formula is C2H5BF3. The van der Waals surface area contributed by atoms with E-state index >= 15 is 0 Å². The highest BCUT2D eigenvalue weighted by Crippen LogP contribution is 1.80. The normalized spacial score (nSPS) is 5.50. The zero-order valence-corrected chi connectivity index (χ0v) is 3.42. The molecule has 0 saturated carbocycles. The van der Waals surface area contributed by atoms with Crippen LogP contribution >= 0.6 is 0 Å². The molecule has 0 bridgehead atoms. The summed E-state index contributed by atoms with van der Waals surface area (Å²) in [5.41, 5.74) is 0. The Morgan fingerprint density at radius 3 is 1.17 bits per heavy atom. The molecule has 0 spiro atoms. The van der Waals surface area contributed by atoms with Crippen molar-refractivity contribution in [2.75, 3.05) is 0 Å². The molecule has 0 aromatic heterocycles. The van der Waals surface area contributed by atoms with Crippen molar-refractivity contribution in [3.63, 3.8) is 0 Å². The highest BCUT2D eigenvalue weighted by molar-refractivity contribution is 6.33. The third-order valence-corrected chi connectivity index (χ3v) is 0. The van der Waals surface area contributed by atoms with E-state index in [-0.39, 0.29) is 0 Å². The van der Waals surface area contributed by atoms with E-state index in [9.17, 15) is 12.9 Å². The fraction of sp³-hybridized carbons (Fsp3) is 0.500. The summed E-state index contributed by atoms with van der Waals surface area (Å²) in [5, 5.41) is 0. The predicted octanol–water partition coefficient (Wildman–Crippen LogP) is 1.72. The number of halogens is 3. The molecule has 0 unspecified atom stereocenters. The molecule has 1 radical (unpaired) electrons. The minimum Gasteiger partial charge on any atom is -0.254 e. The summed E-state index contributed by atoms with van der Waals surface area (Å²) in [6, 6.07) is 0. The Morgan fingerprint density at radius 2 is 1.17 bits per heavy atom. The minimum absolute atomic E-state index is 1.75. The first-order chi connectivity index (χ1) is 2.73. The Morgan fingerprint density at radius 1 is 1.17 bits per heavy atom. The third kappa shape index (κ3) is 1490. The lowest BCUT2D eigenvalue weighted by Gasteiger charge is -1.55. The lowest BCUT2D eigenvalue weighted by atomic mass is 10.5. The van der Waals surface area contributed by atoms with Crippen LogP contribution < -0.4 is 0 Å². The van der Waals surface area contributed by atoms with Gasteiger partial charge in [-0.25, -0.2) is 0 Å². The van der Waals surface area contributed by atoms with Crippen molar-refractivity contribution in [1.82, 2.24) is 0 Å². The van der Waals surface area contributed by atoms with Crippen molar-refractivity contribution >= 4 is 7.54 Å². The summed E-state index contributed by atoms with van der Waals surface area (Å²) in [6.45, 7) is 5.00. The number of hydrogen-bond donors (Lipinski definition) is 0. The Balaban J connectivity index is 0. The van der Waals surface area contributed by atoms with Crippen LogP contribution in [-0.2, 0) is 0 Å².